The van der Waals surface area contributed by atoms with E-state index in [1.54, 1.807) is 0 Å². The number of hydrogen-bond acceptors (Lipinski definition) is 3. The lowest BCUT2D eigenvalue weighted by molar-refractivity contribution is 0.264. The monoisotopic (exact) mass is 374 g/mol. The fourth-order valence-electron chi connectivity index (χ4n) is 1.75. The van der Waals surface area contributed by atoms with Crippen LogP contribution in [-0.4, -0.2) is 40.5 Å². The summed E-state index contributed by atoms with van der Waals surface area (Å²) in [5.74, 6) is 0. The molecule has 0 amide bonds. The Bertz CT molecular complexity index is 239. The van der Waals surface area contributed by atoms with Gasteiger partial charge < -0.3 is 12.7 Å². The molecule has 0 aliphatic rings. The molecule has 0 aromatic rings. The Morgan fingerprint density at radius 3 is 1.33 bits per heavy atom. The zero-order chi connectivity index (χ0) is 13.9. The minimum Gasteiger partial charge on any atom is -0.437 e. The van der Waals surface area contributed by atoms with E-state index in [0.29, 0.717) is 0 Å². The van der Waals surface area contributed by atoms with Gasteiger partial charge in [0.05, 0.1) is 8.80 Å². The Kier molecular flexibility index (Phi) is 19.4. The zero-order valence-electron chi connectivity index (χ0n) is 13.0. The molecule has 0 heterocycles. The van der Waals surface area contributed by atoms with E-state index in [0.717, 1.165) is 6.23 Å². The molecule has 136 valence electrons. The first-order valence-corrected chi connectivity index (χ1v) is 18.5. The first kappa shape index (κ1) is 33.4. The van der Waals surface area contributed by atoms with Crippen LogP contribution in [0.3, 0.4) is 0 Å². The number of rotatable bonds is 7. The highest BCUT2D eigenvalue weighted by atomic mass is 28.5. The molecule has 3 nitrogen and oxygen atoms in total. The standard InChI is InChI=1S/C10H30O3Si4.4CH4/c1-14(2)10-11-16(6,7)13-17(8,9)12-15(3,4)5;;;;/h14H,10H2,1-9H3;4*1H4. The molecule has 0 rings (SSSR count). The highest BCUT2D eigenvalue weighted by molar-refractivity contribution is 6.86. The van der Waals surface area contributed by atoms with Gasteiger partial charge >= 0.3 is 17.1 Å². The van der Waals surface area contributed by atoms with E-state index in [2.05, 4.69) is 58.9 Å². The van der Waals surface area contributed by atoms with Gasteiger partial charge in [-0.1, -0.05) is 42.8 Å². The predicted octanol–water partition coefficient (Wildman–Crippen LogP) is 5.85. The average molecular weight is 375 g/mol. The molecule has 0 aromatic carbocycles. The maximum absolute atomic E-state index is 6.24. The lowest BCUT2D eigenvalue weighted by Gasteiger charge is -2.37. The molecule has 0 atom stereocenters. The van der Waals surface area contributed by atoms with Crippen molar-refractivity contribution in [3.8, 4) is 0 Å². The molecule has 0 spiro atoms. The van der Waals surface area contributed by atoms with Gasteiger partial charge in [-0.25, -0.2) is 0 Å². The van der Waals surface area contributed by atoms with Gasteiger partial charge in [0.1, 0.15) is 0 Å². The summed E-state index contributed by atoms with van der Waals surface area (Å²) in [6, 6.07) is 0. The van der Waals surface area contributed by atoms with E-state index >= 15 is 0 Å². The molecule has 0 unspecified atom stereocenters. The summed E-state index contributed by atoms with van der Waals surface area (Å²) >= 11 is 0. The van der Waals surface area contributed by atoms with Crippen molar-refractivity contribution in [2.45, 2.75) is 88.6 Å². The third-order valence-corrected chi connectivity index (χ3v) is 12.2. The van der Waals surface area contributed by atoms with Crippen LogP contribution in [0.2, 0.25) is 58.9 Å². The van der Waals surface area contributed by atoms with Crippen LogP contribution >= 0.6 is 0 Å². The van der Waals surface area contributed by atoms with Crippen LogP contribution in [0.15, 0.2) is 0 Å². The van der Waals surface area contributed by atoms with Crippen molar-refractivity contribution in [2.75, 3.05) is 6.23 Å². The predicted molar refractivity (Wildman–Crippen MR) is 112 cm³/mol. The SMILES string of the molecule is C.C.C.C.C[SiH](C)CO[Si](C)(C)O[Si](C)(C)O[Si](C)(C)C. The Morgan fingerprint density at radius 1 is 0.667 bits per heavy atom. The van der Waals surface area contributed by atoms with Gasteiger partial charge in [-0.3, -0.25) is 0 Å². The van der Waals surface area contributed by atoms with Crippen molar-refractivity contribution >= 4 is 34.2 Å². The summed E-state index contributed by atoms with van der Waals surface area (Å²) in [4.78, 5) is 0. The van der Waals surface area contributed by atoms with Gasteiger partial charge in [0, 0.05) is 6.23 Å². The second kappa shape index (κ2) is 12.2. The quantitative estimate of drug-likeness (QED) is 0.523. The van der Waals surface area contributed by atoms with Crippen LogP contribution < -0.4 is 0 Å². The second-order valence-corrected chi connectivity index (χ2v) is 21.7. The minimum absolute atomic E-state index is 0. The molecule has 0 aromatic heterocycles. The molecule has 0 aliphatic heterocycles. The molecule has 0 saturated heterocycles. The van der Waals surface area contributed by atoms with Gasteiger partial charge in [-0.2, -0.15) is 0 Å². The van der Waals surface area contributed by atoms with E-state index in [1.165, 1.54) is 0 Å². The summed E-state index contributed by atoms with van der Waals surface area (Å²) in [6.45, 7) is 19.8. The number of hydrogen-bond donors (Lipinski definition) is 0. The zero-order valence-corrected chi connectivity index (χ0v) is 17.2. The van der Waals surface area contributed by atoms with Crippen LogP contribution in [0.25, 0.3) is 0 Å². The topological polar surface area (TPSA) is 27.7 Å². The lowest BCUT2D eigenvalue weighted by atomic mass is 11.7. The third-order valence-electron chi connectivity index (χ3n) is 1.81. The molecular weight excluding hydrogens is 328 g/mol. The molecule has 0 aliphatic carbocycles. The fraction of sp³-hybridized carbons (Fsp3) is 1.00. The summed E-state index contributed by atoms with van der Waals surface area (Å²) in [7, 11) is -6.23. The van der Waals surface area contributed by atoms with E-state index in [-0.39, 0.29) is 29.7 Å². The van der Waals surface area contributed by atoms with Crippen molar-refractivity contribution in [3.63, 3.8) is 0 Å². The largest absolute Gasteiger partial charge is 0.437 e. The average Bonchev–Trinajstić information content (AvgIpc) is 1.93. The van der Waals surface area contributed by atoms with Crippen molar-refractivity contribution in [1.82, 2.24) is 0 Å². The molecule has 7 heteroatoms. The Morgan fingerprint density at radius 2 is 1.05 bits per heavy atom. The molecular formula is C14H46O3Si4. The molecule has 0 radical (unpaired) electrons. The van der Waals surface area contributed by atoms with E-state index < -0.39 is 34.2 Å². The third kappa shape index (κ3) is 20.7. The van der Waals surface area contributed by atoms with Gasteiger partial charge in [-0.15, -0.1) is 0 Å². The minimum atomic E-state index is -2.03. The molecule has 0 fully saturated rings. The molecule has 0 N–H and O–H groups in total. The van der Waals surface area contributed by atoms with E-state index in [1.807, 2.05) is 0 Å². The van der Waals surface area contributed by atoms with E-state index in [9.17, 15) is 0 Å². The smallest absolute Gasteiger partial charge is 0.322 e. The first-order valence-electron chi connectivity index (χ1n) is 6.37. The highest BCUT2D eigenvalue weighted by Gasteiger charge is 2.39. The first-order chi connectivity index (χ1) is 7.33. The lowest BCUT2D eigenvalue weighted by Crippen LogP contribution is -2.53. The Balaban J connectivity index is -0.000000213. The highest BCUT2D eigenvalue weighted by Crippen LogP contribution is 2.20. The second-order valence-electron chi connectivity index (χ2n) is 6.82. The van der Waals surface area contributed by atoms with Crippen LogP contribution in [0.5, 0.6) is 0 Å². The maximum Gasteiger partial charge on any atom is 0.322 e. The van der Waals surface area contributed by atoms with Crippen LogP contribution in [-0.2, 0) is 12.7 Å². The summed E-state index contributed by atoms with van der Waals surface area (Å²) < 4.78 is 18.4. The van der Waals surface area contributed by atoms with Gasteiger partial charge in [0.2, 0.25) is 0 Å². The van der Waals surface area contributed by atoms with Crippen LogP contribution in [0, 0.1) is 0 Å². The normalized spacial score (nSPS) is 11.7. The van der Waals surface area contributed by atoms with Gasteiger partial charge in [-0.05, 0) is 45.8 Å². The van der Waals surface area contributed by atoms with Crippen LogP contribution in [0.1, 0.15) is 29.7 Å². The van der Waals surface area contributed by atoms with Crippen LogP contribution in [0.4, 0.5) is 0 Å². The van der Waals surface area contributed by atoms with Crippen molar-refractivity contribution in [1.29, 1.82) is 0 Å². The molecule has 21 heavy (non-hydrogen) atoms. The van der Waals surface area contributed by atoms with Gasteiger partial charge in [0.15, 0.2) is 8.32 Å². The Hall–Kier alpha value is 0.748. The molecule has 0 bridgehead atoms. The van der Waals surface area contributed by atoms with Crippen molar-refractivity contribution < 1.29 is 12.7 Å². The molecule has 0 saturated carbocycles. The van der Waals surface area contributed by atoms with Crippen molar-refractivity contribution in [2.24, 2.45) is 0 Å². The summed E-state index contributed by atoms with van der Waals surface area (Å²) in [6.07, 6.45) is 0.913. The fourth-order valence-corrected chi connectivity index (χ4v) is 16.1. The van der Waals surface area contributed by atoms with Crippen molar-refractivity contribution in [3.05, 3.63) is 0 Å². The van der Waals surface area contributed by atoms with Gasteiger partial charge in [0.25, 0.3) is 0 Å². The Labute approximate surface area is 142 Å². The summed E-state index contributed by atoms with van der Waals surface area (Å²) in [5, 5.41) is 0. The summed E-state index contributed by atoms with van der Waals surface area (Å²) in [5.41, 5.74) is 0. The maximum atomic E-state index is 6.24. The van der Waals surface area contributed by atoms with E-state index in [4.69, 9.17) is 12.7 Å².